The molecule has 4 aromatic rings. The molecule has 0 saturated heterocycles. The first-order chi connectivity index (χ1) is 12.9. The highest BCUT2D eigenvalue weighted by molar-refractivity contribution is 8.93. The summed E-state index contributed by atoms with van der Waals surface area (Å²) in [5, 5.41) is 1.18. The van der Waals surface area contributed by atoms with Crippen LogP contribution in [0.4, 0.5) is 0 Å². The molecule has 2 aromatic carbocycles. The van der Waals surface area contributed by atoms with Crippen LogP contribution in [0, 0.1) is 13.8 Å². The van der Waals surface area contributed by atoms with E-state index in [0.717, 1.165) is 46.3 Å². The van der Waals surface area contributed by atoms with Crippen LogP contribution in [0.2, 0.25) is 0 Å². The van der Waals surface area contributed by atoms with Crippen molar-refractivity contribution in [2.75, 3.05) is 27.2 Å². The third-order valence-corrected chi connectivity index (χ3v) is 5.52. The minimum atomic E-state index is 0. The standard InChI is InChI=1S/C23H27N4.BrH/c1-6-12-27(4,5)13-11-26-21-10-8-7-9-18(21)22-23(26)25-20-15-17(3)16(2)14-19(20)24-22;/h6-10,14-15H,1,11-13H2,2-5H3;1H/q+1;. The van der Waals surface area contributed by atoms with Gasteiger partial charge in [0.05, 0.1) is 50.3 Å². The number of benzene rings is 2. The normalized spacial score (nSPS) is 11.9. The first-order valence-corrected chi connectivity index (χ1v) is 9.48. The van der Waals surface area contributed by atoms with Gasteiger partial charge in [0.15, 0.2) is 5.65 Å². The summed E-state index contributed by atoms with van der Waals surface area (Å²) in [6.45, 7) is 11.0. The lowest BCUT2D eigenvalue weighted by atomic mass is 10.1. The molecule has 0 amide bonds. The Balaban J connectivity index is 0.00000225. The highest BCUT2D eigenvalue weighted by Crippen LogP contribution is 2.29. The SMILES string of the molecule is Br.C=CC[N+](C)(C)CCn1c2ccccc2c2nc3cc(C)c(C)cc3nc21. The summed E-state index contributed by atoms with van der Waals surface area (Å²) in [5.74, 6) is 0. The minimum absolute atomic E-state index is 0. The van der Waals surface area contributed by atoms with Crippen molar-refractivity contribution in [2.45, 2.75) is 20.4 Å². The molecule has 0 aliphatic rings. The number of hydrogen-bond donors (Lipinski definition) is 0. The van der Waals surface area contributed by atoms with E-state index in [0.29, 0.717) is 0 Å². The zero-order valence-electron chi connectivity index (χ0n) is 17.1. The van der Waals surface area contributed by atoms with E-state index in [2.05, 4.69) is 75.5 Å². The Kier molecular flexibility index (Phi) is 5.60. The summed E-state index contributed by atoms with van der Waals surface area (Å²) in [7, 11) is 4.48. The molecule has 0 bridgehead atoms. The number of rotatable bonds is 5. The maximum absolute atomic E-state index is 5.04. The zero-order valence-corrected chi connectivity index (χ0v) is 18.8. The van der Waals surface area contributed by atoms with Gasteiger partial charge in [-0.05, 0) is 49.2 Å². The monoisotopic (exact) mass is 439 g/mol. The van der Waals surface area contributed by atoms with Crippen LogP contribution >= 0.6 is 17.0 Å². The molecule has 0 aliphatic carbocycles. The number of para-hydroxylation sites is 1. The van der Waals surface area contributed by atoms with E-state index in [1.807, 2.05) is 6.08 Å². The predicted molar refractivity (Wildman–Crippen MR) is 124 cm³/mol. The lowest BCUT2D eigenvalue weighted by Gasteiger charge is -2.28. The van der Waals surface area contributed by atoms with Gasteiger partial charge in [-0.1, -0.05) is 24.8 Å². The number of likely N-dealkylation sites (N-methyl/N-ethyl adjacent to an activating group) is 1. The molecule has 2 aromatic heterocycles. The van der Waals surface area contributed by atoms with Crippen molar-refractivity contribution < 1.29 is 4.48 Å². The number of quaternary nitrogens is 1. The summed E-state index contributed by atoms with van der Waals surface area (Å²) >= 11 is 0. The molecule has 0 radical (unpaired) electrons. The molecule has 0 fully saturated rings. The fourth-order valence-corrected chi connectivity index (χ4v) is 3.73. The third-order valence-electron chi connectivity index (χ3n) is 5.52. The molecule has 0 spiro atoms. The Morgan fingerprint density at radius 2 is 1.68 bits per heavy atom. The minimum Gasteiger partial charge on any atom is -0.324 e. The number of nitrogens with zero attached hydrogens (tertiary/aromatic N) is 4. The quantitative estimate of drug-likeness (QED) is 0.316. The molecular weight excluding hydrogens is 412 g/mol. The Morgan fingerprint density at radius 1 is 1.04 bits per heavy atom. The highest BCUT2D eigenvalue weighted by Gasteiger charge is 2.18. The maximum Gasteiger partial charge on any atom is 0.160 e. The van der Waals surface area contributed by atoms with Crippen LogP contribution in [-0.2, 0) is 6.54 Å². The zero-order chi connectivity index (χ0) is 19.2. The van der Waals surface area contributed by atoms with Crippen molar-refractivity contribution in [2.24, 2.45) is 0 Å². The fraction of sp³-hybridized carbons (Fsp3) is 0.304. The van der Waals surface area contributed by atoms with E-state index in [9.17, 15) is 0 Å². The van der Waals surface area contributed by atoms with Crippen LogP contribution in [-0.4, -0.2) is 46.2 Å². The average molecular weight is 440 g/mol. The predicted octanol–water partition coefficient (Wildman–Crippen LogP) is 5.19. The highest BCUT2D eigenvalue weighted by atomic mass is 79.9. The second-order valence-corrected chi connectivity index (χ2v) is 8.12. The molecule has 2 heterocycles. The summed E-state index contributed by atoms with van der Waals surface area (Å²) in [4.78, 5) is 10.0. The Bertz CT molecular complexity index is 1170. The second kappa shape index (κ2) is 7.64. The molecule has 0 unspecified atom stereocenters. The first kappa shape index (κ1) is 20.5. The molecule has 5 heteroatoms. The van der Waals surface area contributed by atoms with Crippen molar-refractivity contribution >= 4 is 50.1 Å². The van der Waals surface area contributed by atoms with Crippen LogP contribution < -0.4 is 0 Å². The first-order valence-electron chi connectivity index (χ1n) is 9.48. The van der Waals surface area contributed by atoms with Gasteiger partial charge in [0, 0.05) is 5.39 Å². The number of halogens is 1. The fourth-order valence-electron chi connectivity index (χ4n) is 3.73. The van der Waals surface area contributed by atoms with Crippen molar-refractivity contribution in [3.05, 3.63) is 60.2 Å². The molecule has 146 valence electrons. The number of fused-ring (bicyclic) bond motifs is 4. The van der Waals surface area contributed by atoms with Gasteiger partial charge in [-0.2, -0.15) is 0 Å². The largest absolute Gasteiger partial charge is 0.324 e. The molecule has 0 aliphatic heterocycles. The van der Waals surface area contributed by atoms with Gasteiger partial charge in [0.1, 0.15) is 5.52 Å². The van der Waals surface area contributed by atoms with Crippen LogP contribution in [0.5, 0.6) is 0 Å². The lowest BCUT2D eigenvalue weighted by Crippen LogP contribution is -2.42. The average Bonchev–Trinajstić information content (AvgIpc) is 2.92. The molecule has 4 nitrogen and oxygen atoms in total. The van der Waals surface area contributed by atoms with E-state index < -0.39 is 0 Å². The van der Waals surface area contributed by atoms with Gasteiger partial charge >= 0.3 is 0 Å². The van der Waals surface area contributed by atoms with Crippen LogP contribution in [0.3, 0.4) is 0 Å². The number of hydrogen-bond acceptors (Lipinski definition) is 2. The van der Waals surface area contributed by atoms with Gasteiger partial charge in [-0.3, -0.25) is 0 Å². The topological polar surface area (TPSA) is 30.7 Å². The third kappa shape index (κ3) is 3.56. The summed E-state index contributed by atoms with van der Waals surface area (Å²) in [6, 6.07) is 12.8. The molecular formula is C23H28BrN4+. The van der Waals surface area contributed by atoms with Crippen molar-refractivity contribution in [1.82, 2.24) is 14.5 Å². The van der Waals surface area contributed by atoms with Crippen molar-refractivity contribution in [3.63, 3.8) is 0 Å². The van der Waals surface area contributed by atoms with Crippen molar-refractivity contribution in [1.29, 1.82) is 0 Å². The van der Waals surface area contributed by atoms with E-state index in [4.69, 9.17) is 9.97 Å². The van der Waals surface area contributed by atoms with Gasteiger partial charge in [0.25, 0.3) is 0 Å². The van der Waals surface area contributed by atoms with Crippen LogP contribution in [0.1, 0.15) is 11.1 Å². The second-order valence-electron chi connectivity index (χ2n) is 8.12. The Labute approximate surface area is 176 Å². The van der Waals surface area contributed by atoms with Gasteiger partial charge in [0.2, 0.25) is 0 Å². The number of aromatic nitrogens is 3. The van der Waals surface area contributed by atoms with E-state index in [1.165, 1.54) is 22.0 Å². The maximum atomic E-state index is 5.04. The molecule has 4 rings (SSSR count). The molecule has 0 atom stereocenters. The van der Waals surface area contributed by atoms with E-state index >= 15 is 0 Å². The molecule has 0 N–H and O–H groups in total. The van der Waals surface area contributed by atoms with Gasteiger partial charge < -0.3 is 9.05 Å². The van der Waals surface area contributed by atoms with Gasteiger partial charge in [-0.25, -0.2) is 9.97 Å². The summed E-state index contributed by atoms with van der Waals surface area (Å²) < 4.78 is 3.23. The van der Waals surface area contributed by atoms with E-state index in [1.54, 1.807) is 0 Å². The molecule has 0 saturated carbocycles. The van der Waals surface area contributed by atoms with Crippen LogP contribution in [0.25, 0.3) is 33.1 Å². The van der Waals surface area contributed by atoms with Gasteiger partial charge in [-0.15, -0.1) is 17.0 Å². The number of aryl methyl sites for hydroxylation is 2. The van der Waals surface area contributed by atoms with E-state index in [-0.39, 0.29) is 17.0 Å². The Morgan fingerprint density at radius 3 is 2.36 bits per heavy atom. The summed E-state index contributed by atoms with van der Waals surface area (Å²) in [5.41, 5.74) is 7.62. The Hall–Kier alpha value is -2.24. The van der Waals surface area contributed by atoms with Crippen molar-refractivity contribution in [3.8, 4) is 0 Å². The van der Waals surface area contributed by atoms with Crippen LogP contribution in [0.15, 0.2) is 49.1 Å². The smallest absolute Gasteiger partial charge is 0.160 e. The molecule has 28 heavy (non-hydrogen) atoms. The lowest BCUT2D eigenvalue weighted by molar-refractivity contribution is -0.885. The summed E-state index contributed by atoms with van der Waals surface area (Å²) in [6.07, 6.45) is 1.99.